The summed E-state index contributed by atoms with van der Waals surface area (Å²) in [5.74, 6) is 0.838. The number of rotatable bonds is 5. The predicted octanol–water partition coefficient (Wildman–Crippen LogP) is 1.28. The van der Waals surface area contributed by atoms with E-state index in [4.69, 9.17) is 10.5 Å². The lowest BCUT2D eigenvalue weighted by Gasteiger charge is -2.13. The Bertz CT molecular complexity index is 379. The highest BCUT2D eigenvalue weighted by Gasteiger charge is 2.07. The van der Waals surface area contributed by atoms with Crippen LogP contribution in [-0.2, 0) is 11.3 Å². The highest BCUT2D eigenvalue weighted by Crippen LogP contribution is 2.24. The smallest absolute Gasteiger partial charge is 0.223 e. The van der Waals surface area contributed by atoms with Crippen molar-refractivity contribution in [3.8, 4) is 5.75 Å². The van der Waals surface area contributed by atoms with Gasteiger partial charge in [0.1, 0.15) is 5.75 Å². The van der Waals surface area contributed by atoms with Gasteiger partial charge in [0.15, 0.2) is 0 Å². The van der Waals surface area contributed by atoms with Crippen LogP contribution in [0.1, 0.15) is 23.1 Å². The highest BCUT2D eigenvalue weighted by molar-refractivity contribution is 5.75. The van der Waals surface area contributed by atoms with Crippen molar-refractivity contribution in [2.45, 2.75) is 26.8 Å². The molecule has 1 rings (SSSR count). The van der Waals surface area contributed by atoms with Crippen molar-refractivity contribution in [1.82, 2.24) is 5.32 Å². The Labute approximate surface area is 102 Å². The molecule has 0 aliphatic rings. The van der Waals surface area contributed by atoms with Crippen molar-refractivity contribution >= 4 is 5.91 Å². The minimum atomic E-state index is -0.0149. The second-order valence-electron chi connectivity index (χ2n) is 4.03. The molecule has 0 aliphatic carbocycles. The second kappa shape index (κ2) is 6.25. The first kappa shape index (κ1) is 13.5. The minimum absolute atomic E-state index is 0.0149. The van der Waals surface area contributed by atoms with E-state index in [9.17, 15) is 4.79 Å². The van der Waals surface area contributed by atoms with Crippen LogP contribution in [-0.4, -0.2) is 19.6 Å². The van der Waals surface area contributed by atoms with Crippen LogP contribution < -0.4 is 15.8 Å². The van der Waals surface area contributed by atoms with Crippen LogP contribution in [0.2, 0.25) is 0 Å². The SMILES string of the molecule is CNC(=O)CCOc1c(C)cc(CN)cc1C. The molecule has 0 saturated carbocycles. The number of carbonyl (C=O) groups is 1. The largest absolute Gasteiger partial charge is 0.493 e. The molecule has 17 heavy (non-hydrogen) atoms. The fraction of sp³-hybridized carbons (Fsp3) is 0.462. The van der Waals surface area contributed by atoms with E-state index in [0.29, 0.717) is 19.6 Å². The van der Waals surface area contributed by atoms with Gasteiger partial charge in [0.05, 0.1) is 13.0 Å². The van der Waals surface area contributed by atoms with Crippen LogP contribution in [0.15, 0.2) is 12.1 Å². The molecule has 3 N–H and O–H groups in total. The molecular weight excluding hydrogens is 216 g/mol. The summed E-state index contributed by atoms with van der Waals surface area (Å²) < 4.78 is 5.64. The molecule has 4 nitrogen and oxygen atoms in total. The Hall–Kier alpha value is -1.55. The number of amides is 1. The van der Waals surface area contributed by atoms with Crippen molar-refractivity contribution in [2.24, 2.45) is 5.73 Å². The molecule has 0 atom stereocenters. The lowest BCUT2D eigenvalue weighted by atomic mass is 10.1. The summed E-state index contributed by atoms with van der Waals surface area (Å²) in [4.78, 5) is 11.1. The van der Waals surface area contributed by atoms with Gasteiger partial charge in [-0.3, -0.25) is 4.79 Å². The first-order valence-corrected chi connectivity index (χ1v) is 5.72. The van der Waals surface area contributed by atoms with Gasteiger partial charge >= 0.3 is 0 Å². The summed E-state index contributed by atoms with van der Waals surface area (Å²) in [6.07, 6.45) is 0.369. The van der Waals surface area contributed by atoms with E-state index >= 15 is 0 Å². The third kappa shape index (κ3) is 3.75. The Morgan fingerprint density at radius 2 is 1.94 bits per heavy atom. The molecule has 0 fully saturated rings. The number of carbonyl (C=O) groups excluding carboxylic acids is 1. The van der Waals surface area contributed by atoms with E-state index in [0.717, 1.165) is 22.4 Å². The molecule has 0 radical (unpaired) electrons. The summed E-state index contributed by atoms with van der Waals surface area (Å²) >= 11 is 0. The molecule has 0 saturated heterocycles. The third-order valence-corrected chi connectivity index (χ3v) is 2.61. The van der Waals surface area contributed by atoms with Gasteiger partial charge in [-0.15, -0.1) is 0 Å². The quantitative estimate of drug-likeness (QED) is 0.809. The van der Waals surface area contributed by atoms with Gasteiger partial charge in [0, 0.05) is 13.6 Å². The van der Waals surface area contributed by atoms with Crippen molar-refractivity contribution in [3.05, 3.63) is 28.8 Å². The van der Waals surface area contributed by atoms with Gasteiger partial charge in [-0.25, -0.2) is 0 Å². The molecule has 94 valence electrons. The zero-order valence-electron chi connectivity index (χ0n) is 10.7. The maximum atomic E-state index is 11.1. The van der Waals surface area contributed by atoms with E-state index in [1.165, 1.54) is 0 Å². The van der Waals surface area contributed by atoms with Crippen LogP contribution in [0, 0.1) is 13.8 Å². The molecule has 4 heteroatoms. The van der Waals surface area contributed by atoms with Crippen LogP contribution in [0.25, 0.3) is 0 Å². The molecule has 0 bridgehead atoms. The van der Waals surface area contributed by atoms with Crippen molar-refractivity contribution in [2.75, 3.05) is 13.7 Å². The summed E-state index contributed by atoms with van der Waals surface area (Å²) in [5, 5.41) is 2.56. The standard InChI is InChI=1S/C13H20N2O2/c1-9-6-11(8-14)7-10(2)13(9)17-5-4-12(16)15-3/h6-7H,4-5,8,14H2,1-3H3,(H,15,16). The maximum absolute atomic E-state index is 11.1. The molecule has 1 aromatic carbocycles. The summed E-state index contributed by atoms with van der Waals surface area (Å²) in [6, 6.07) is 4.03. The molecule has 0 spiro atoms. The Kier molecular flexibility index (Phi) is 4.97. The van der Waals surface area contributed by atoms with E-state index in [1.54, 1.807) is 7.05 Å². The summed E-state index contributed by atoms with van der Waals surface area (Å²) in [6.45, 7) is 4.90. The van der Waals surface area contributed by atoms with Gasteiger partial charge in [-0.1, -0.05) is 12.1 Å². The Morgan fingerprint density at radius 3 is 2.41 bits per heavy atom. The summed E-state index contributed by atoms with van der Waals surface area (Å²) in [7, 11) is 1.62. The van der Waals surface area contributed by atoms with Crippen molar-refractivity contribution < 1.29 is 9.53 Å². The number of nitrogens with two attached hydrogens (primary N) is 1. The first-order valence-electron chi connectivity index (χ1n) is 5.72. The highest BCUT2D eigenvalue weighted by atomic mass is 16.5. The topological polar surface area (TPSA) is 64.3 Å². The number of hydrogen-bond acceptors (Lipinski definition) is 3. The lowest BCUT2D eigenvalue weighted by molar-refractivity contribution is -0.121. The molecular formula is C13H20N2O2. The van der Waals surface area contributed by atoms with E-state index in [2.05, 4.69) is 5.32 Å². The monoisotopic (exact) mass is 236 g/mol. The fourth-order valence-corrected chi connectivity index (χ4v) is 1.76. The normalized spacial score (nSPS) is 10.1. The van der Waals surface area contributed by atoms with Gasteiger partial charge in [-0.05, 0) is 30.5 Å². The zero-order valence-corrected chi connectivity index (χ0v) is 10.7. The Balaban J connectivity index is 2.68. The molecule has 1 aromatic rings. The van der Waals surface area contributed by atoms with E-state index in [-0.39, 0.29) is 5.91 Å². The first-order chi connectivity index (χ1) is 8.08. The Morgan fingerprint density at radius 1 is 1.35 bits per heavy atom. The molecule has 0 heterocycles. The molecule has 0 unspecified atom stereocenters. The van der Waals surface area contributed by atoms with E-state index in [1.807, 2.05) is 26.0 Å². The van der Waals surface area contributed by atoms with Gasteiger partial charge < -0.3 is 15.8 Å². The average Bonchev–Trinajstić information content (AvgIpc) is 2.31. The van der Waals surface area contributed by atoms with Crippen LogP contribution in [0.5, 0.6) is 5.75 Å². The van der Waals surface area contributed by atoms with Gasteiger partial charge in [0.2, 0.25) is 5.91 Å². The van der Waals surface area contributed by atoms with Crippen LogP contribution in [0.3, 0.4) is 0 Å². The number of benzene rings is 1. The number of ether oxygens (including phenoxy) is 1. The maximum Gasteiger partial charge on any atom is 0.223 e. The van der Waals surface area contributed by atoms with Crippen molar-refractivity contribution in [1.29, 1.82) is 0 Å². The predicted molar refractivity (Wildman–Crippen MR) is 68.0 cm³/mol. The third-order valence-electron chi connectivity index (χ3n) is 2.61. The van der Waals surface area contributed by atoms with Gasteiger partial charge in [0.25, 0.3) is 0 Å². The second-order valence-corrected chi connectivity index (χ2v) is 4.03. The number of aryl methyl sites for hydroxylation is 2. The summed E-state index contributed by atoms with van der Waals surface area (Å²) in [5.41, 5.74) is 8.81. The number of nitrogens with one attached hydrogen (secondary N) is 1. The molecule has 0 aliphatic heterocycles. The number of hydrogen-bond donors (Lipinski definition) is 2. The van der Waals surface area contributed by atoms with E-state index < -0.39 is 0 Å². The lowest BCUT2D eigenvalue weighted by Crippen LogP contribution is -2.20. The van der Waals surface area contributed by atoms with Crippen LogP contribution >= 0.6 is 0 Å². The molecule has 1 amide bonds. The minimum Gasteiger partial charge on any atom is -0.493 e. The average molecular weight is 236 g/mol. The van der Waals surface area contributed by atoms with Crippen LogP contribution in [0.4, 0.5) is 0 Å². The van der Waals surface area contributed by atoms with Gasteiger partial charge in [-0.2, -0.15) is 0 Å². The molecule has 0 aromatic heterocycles. The fourth-order valence-electron chi connectivity index (χ4n) is 1.76. The van der Waals surface area contributed by atoms with Crippen molar-refractivity contribution in [3.63, 3.8) is 0 Å². The zero-order chi connectivity index (χ0) is 12.8.